The van der Waals surface area contributed by atoms with E-state index in [1.54, 1.807) is 41.3 Å². The van der Waals surface area contributed by atoms with E-state index in [4.69, 9.17) is 0 Å². The van der Waals surface area contributed by atoms with Crippen molar-refractivity contribution >= 4 is 17.5 Å². The van der Waals surface area contributed by atoms with Crippen molar-refractivity contribution in [2.75, 3.05) is 4.90 Å². The van der Waals surface area contributed by atoms with Crippen molar-refractivity contribution in [3.63, 3.8) is 0 Å². The molecule has 0 radical (unpaired) electrons. The van der Waals surface area contributed by atoms with Crippen molar-refractivity contribution in [3.05, 3.63) is 83.7 Å². The van der Waals surface area contributed by atoms with Crippen LogP contribution in [0.15, 0.2) is 67.0 Å². The number of carbonyl (C=O) groups excluding carboxylic acids is 2. The summed E-state index contributed by atoms with van der Waals surface area (Å²) in [4.78, 5) is 26.1. The van der Waals surface area contributed by atoms with E-state index >= 15 is 0 Å². The lowest BCUT2D eigenvalue weighted by Crippen LogP contribution is -2.28. The summed E-state index contributed by atoms with van der Waals surface area (Å²) in [6, 6.07) is 16.7. The molecule has 0 unspecified atom stereocenters. The first-order chi connectivity index (χ1) is 11.2. The Morgan fingerprint density at radius 2 is 1.43 bits per heavy atom. The third kappa shape index (κ3) is 2.23. The lowest BCUT2D eigenvalue weighted by molar-refractivity contribution is 0.0926. The number of aromatic nitrogens is 2. The minimum atomic E-state index is -0.301. The summed E-state index contributed by atoms with van der Waals surface area (Å²) in [5.41, 5.74) is 2.47. The molecule has 112 valence electrons. The largest absolute Gasteiger partial charge is 0.268 e. The number of anilines is 1. The molecular weight excluding hydrogens is 290 g/mol. The van der Waals surface area contributed by atoms with Crippen LogP contribution in [0.25, 0.3) is 0 Å². The highest BCUT2D eigenvalue weighted by Gasteiger charge is 2.36. The van der Waals surface area contributed by atoms with Crippen LogP contribution in [0.4, 0.5) is 5.69 Å². The normalized spacial score (nSPS) is 13.5. The van der Waals surface area contributed by atoms with Gasteiger partial charge in [-0.1, -0.05) is 42.5 Å². The molecule has 1 aliphatic heterocycles. The maximum atomic E-state index is 12.4. The molecule has 0 atom stereocenters. The van der Waals surface area contributed by atoms with Gasteiger partial charge in [0.2, 0.25) is 0 Å². The van der Waals surface area contributed by atoms with E-state index in [0.717, 1.165) is 5.56 Å². The van der Waals surface area contributed by atoms with Gasteiger partial charge >= 0.3 is 0 Å². The molecule has 0 bridgehead atoms. The number of fused-ring (bicyclic) bond motifs is 1. The Kier molecular flexibility index (Phi) is 3.05. The monoisotopic (exact) mass is 303 g/mol. The predicted molar refractivity (Wildman–Crippen MR) is 85.4 cm³/mol. The zero-order valence-electron chi connectivity index (χ0n) is 12.2. The van der Waals surface area contributed by atoms with Gasteiger partial charge in [0.15, 0.2) is 0 Å². The van der Waals surface area contributed by atoms with Crippen molar-refractivity contribution in [1.29, 1.82) is 0 Å². The van der Waals surface area contributed by atoms with Gasteiger partial charge in [0.05, 0.1) is 29.6 Å². The minimum absolute atomic E-state index is 0.301. The van der Waals surface area contributed by atoms with E-state index in [1.165, 1.54) is 4.90 Å². The minimum Gasteiger partial charge on any atom is -0.268 e. The Balaban J connectivity index is 1.63. The Labute approximate surface area is 132 Å². The SMILES string of the molecule is O=C1c2ccccc2C(=O)N1c1cnn(Cc2ccccc2)c1. The summed E-state index contributed by atoms with van der Waals surface area (Å²) in [7, 11) is 0. The van der Waals surface area contributed by atoms with Crippen LogP contribution in [0.1, 0.15) is 26.3 Å². The summed E-state index contributed by atoms with van der Waals surface area (Å²) in [5, 5.41) is 4.26. The van der Waals surface area contributed by atoms with E-state index in [1.807, 2.05) is 30.3 Å². The van der Waals surface area contributed by atoms with Crippen LogP contribution < -0.4 is 4.90 Å². The number of benzene rings is 2. The van der Waals surface area contributed by atoms with Crippen LogP contribution >= 0.6 is 0 Å². The van der Waals surface area contributed by atoms with Crippen molar-refractivity contribution in [2.24, 2.45) is 0 Å². The zero-order chi connectivity index (χ0) is 15.8. The van der Waals surface area contributed by atoms with Crippen molar-refractivity contribution in [1.82, 2.24) is 9.78 Å². The molecule has 2 amide bonds. The Bertz CT molecular complexity index is 864. The lowest BCUT2D eigenvalue weighted by atomic mass is 10.1. The van der Waals surface area contributed by atoms with Gasteiger partial charge in [0, 0.05) is 6.20 Å². The molecule has 0 spiro atoms. The smallest absolute Gasteiger partial charge is 0.266 e. The van der Waals surface area contributed by atoms with Gasteiger partial charge in [-0.3, -0.25) is 14.3 Å². The average molecular weight is 303 g/mol. The first-order valence-corrected chi connectivity index (χ1v) is 7.28. The highest BCUT2D eigenvalue weighted by atomic mass is 16.2. The quantitative estimate of drug-likeness (QED) is 0.699. The number of rotatable bonds is 3. The highest BCUT2D eigenvalue weighted by Crippen LogP contribution is 2.27. The fourth-order valence-electron chi connectivity index (χ4n) is 2.75. The highest BCUT2D eigenvalue weighted by molar-refractivity contribution is 6.34. The molecular formula is C18H13N3O2. The first kappa shape index (κ1) is 13.5. The molecule has 2 aromatic carbocycles. The van der Waals surface area contributed by atoms with Gasteiger partial charge in [-0.2, -0.15) is 5.10 Å². The molecule has 3 aromatic rings. The molecule has 23 heavy (non-hydrogen) atoms. The molecule has 0 saturated carbocycles. The van der Waals surface area contributed by atoms with Gasteiger partial charge in [0.1, 0.15) is 0 Å². The number of nitrogens with zero attached hydrogens (tertiary/aromatic N) is 3. The van der Waals surface area contributed by atoms with E-state index in [2.05, 4.69) is 5.10 Å². The fraction of sp³-hybridized carbons (Fsp3) is 0.0556. The molecule has 1 aromatic heterocycles. The third-order valence-electron chi connectivity index (χ3n) is 3.86. The third-order valence-corrected chi connectivity index (χ3v) is 3.86. The molecule has 1 aliphatic rings. The molecule has 4 rings (SSSR count). The van der Waals surface area contributed by atoms with Crippen LogP contribution in [0.3, 0.4) is 0 Å². The van der Waals surface area contributed by atoms with Gasteiger partial charge in [0.25, 0.3) is 11.8 Å². The van der Waals surface area contributed by atoms with Gasteiger partial charge in [-0.25, -0.2) is 4.90 Å². The second-order valence-electron chi connectivity index (χ2n) is 5.37. The fourth-order valence-corrected chi connectivity index (χ4v) is 2.75. The van der Waals surface area contributed by atoms with E-state index < -0.39 is 0 Å². The van der Waals surface area contributed by atoms with Crippen LogP contribution in [0.2, 0.25) is 0 Å². The van der Waals surface area contributed by atoms with E-state index in [9.17, 15) is 9.59 Å². The number of hydrogen-bond acceptors (Lipinski definition) is 3. The molecule has 5 heteroatoms. The van der Waals surface area contributed by atoms with E-state index in [0.29, 0.717) is 23.4 Å². The molecule has 0 fully saturated rings. The van der Waals surface area contributed by atoms with Crippen molar-refractivity contribution < 1.29 is 9.59 Å². The van der Waals surface area contributed by atoms with Crippen molar-refractivity contribution in [2.45, 2.75) is 6.54 Å². The second kappa shape index (κ2) is 5.21. The molecule has 0 N–H and O–H groups in total. The predicted octanol–water partition coefficient (Wildman–Crippen LogP) is 2.73. The van der Waals surface area contributed by atoms with Crippen LogP contribution in [0, 0.1) is 0 Å². The van der Waals surface area contributed by atoms with Crippen LogP contribution in [0.5, 0.6) is 0 Å². The summed E-state index contributed by atoms with van der Waals surface area (Å²) < 4.78 is 1.72. The maximum Gasteiger partial charge on any atom is 0.266 e. The Morgan fingerprint density at radius 1 is 0.826 bits per heavy atom. The molecule has 0 aliphatic carbocycles. The standard InChI is InChI=1S/C18H13N3O2/c22-17-15-8-4-5-9-16(15)18(23)21(17)14-10-19-20(12-14)11-13-6-2-1-3-7-13/h1-10,12H,11H2. The topological polar surface area (TPSA) is 55.2 Å². The Morgan fingerprint density at radius 3 is 2.09 bits per heavy atom. The molecule has 0 saturated heterocycles. The number of hydrogen-bond donors (Lipinski definition) is 0. The Hall–Kier alpha value is -3.21. The maximum absolute atomic E-state index is 12.4. The van der Waals surface area contributed by atoms with E-state index in [-0.39, 0.29) is 11.8 Å². The van der Waals surface area contributed by atoms with Crippen LogP contribution in [-0.4, -0.2) is 21.6 Å². The number of carbonyl (C=O) groups is 2. The van der Waals surface area contributed by atoms with Gasteiger partial charge in [-0.15, -0.1) is 0 Å². The number of imide groups is 1. The number of amides is 2. The zero-order valence-corrected chi connectivity index (χ0v) is 12.2. The van der Waals surface area contributed by atoms with Crippen molar-refractivity contribution in [3.8, 4) is 0 Å². The average Bonchev–Trinajstić information content (AvgIpc) is 3.12. The molecule has 2 heterocycles. The summed E-state index contributed by atoms with van der Waals surface area (Å²) in [6.45, 7) is 0.587. The lowest BCUT2D eigenvalue weighted by Gasteiger charge is -2.10. The molecule has 5 nitrogen and oxygen atoms in total. The van der Waals surface area contributed by atoms with Crippen LogP contribution in [-0.2, 0) is 6.54 Å². The summed E-state index contributed by atoms with van der Waals surface area (Å²) in [5.74, 6) is -0.602. The summed E-state index contributed by atoms with van der Waals surface area (Å²) >= 11 is 0. The first-order valence-electron chi connectivity index (χ1n) is 7.28. The van der Waals surface area contributed by atoms with Gasteiger partial charge < -0.3 is 0 Å². The second-order valence-corrected chi connectivity index (χ2v) is 5.37. The van der Waals surface area contributed by atoms with Gasteiger partial charge in [-0.05, 0) is 17.7 Å². The summed E-state index contributed by atoms with van der Waals surface area (Å²) in [6.07, 6.45) is 3.26.